The number of imidazole rings is 1. The van der Waals surface area contributed by atoms with Gasteiger partial charge in [-0.25, -0.2) is 23.1 Å². The van der Waals surface area contributed by atoms with Crippen LogP contribution in [0.15, 0.2) is 24.3 Å². The Balaban J connectivity index is 1.92. The molecule has 0 amide bonds. The van der Waals surface area contributed by atoms with Crippen molar-refractivity contribution in [3.05, 3.63) is 30.1 Å². The Morgan fingerprint density at radius 3 is 2.70 bits per heavy atom. The minimum Gasteiger partial charge on any atom is -0.382 e. The van der Waals surface area contributed by atoms with Crippen molar-refractivity contribution in [3.8, 4) is 0 Å². The van der Waals surface area contributed by atoms with Crippen LogP contribution in [0.25, 0.3) is 21.9 Å². The van der Waals surface area contributed by atoms with Gasteiger partial charge in [-0.1, -0.05) is 18.2 Å². The van der Waals surface area contributed by atoms with Crippen LogP contribution in [-0.4, -0.2) is 54.6 Å². The molecule has 1 aliphatic rings. The molecular weight excluding hydrogens is 406 g/mol. The van der Waals surface area contributed by atoms with Gasteiger partial charge >= 0.3 is 0 Å². The third-order valence-corrected chi connectivity index (χ3v) is 6.24. The molecule has 162 valence electrons. The fourth-order valence-electron chi connectivity index (χ4n) is 4.13. The summed E-state index contributed by atoms with van der Waals surface area (Å²) in [6.07, 6.45) is 2.31. The Kier molecular flexibility index (Phi) is 5.67. The molecule has 2 aromatic heterocycles. The van der Waals surface area contributed by atoms with Crippen LogP contribution in [0.4, 0.5) is 5.82 Å². The highest BCUT2D eigenvalue weighted by Gasteiger charge is 2.37. The fourth-order valence-corrected chi connectivity index (χ4v) is 5.18. The minimum atomic E-state index is -3.43. The molecule has 0 radical (unpaired) electrons. The van der Waals surface area contributed by atoms with Crippen molar-refractivity contribution < 1.29 is 17.9 Å². The standard InChI is InChI=1S/C20H27N5O4S/c1-3-28-12-16-23-17-18(14-6-4-5-7-15(14)22-19(17)21)25(16)13-20(24-30(2,26)27)8-10-29-11-9-20/h4-7,24H,3,8-13H2,1-2H3,(H2,21,22). The molecule has 0 unspecified atom stereocenters. The molecule has 1 aromatic carbocycles. The maximum absolute atomic E-state index is 12.2. The maximum atomic E-state index is 12.2. The van der Waals surface area contributed by atoms with Crippen molar-refractivity contribution in [2.45, 2.75) is 38.5 Å². The van der Waals surface area contributed by atoms with Crippen molar-refractivity contribution in [2.75, 3.05) is 31.8 Å². The Bertz CT molecular complexity index is 1170. The van der Waals surface area contributed by atoms with Crippen LogP contribution in [0.1, 0.15) is 25.6 Å². The zero-order chi connectivity index (χ0) is 21.4. The number of benzene rings is 1. The number of aromatic nitrogens is 3. The van der Waals surface area contributed by atoms with Crippen LogP contribution in [0, 0.1) is 0 Å². The van der Waals surface area contributed by atoms with E-state index in [1.54, 1.807) is 0 Å². The van der Waals surface area contributed by atoms with Crippen molar-refractivity contribution in [2.24, 2.45) is 0 Å². The highest BCUT2D eigenvalue weighted by molar-refractivity contribution is 7.88. The summed E-state index contributed by atoms with van der Waals surface area (Å²) in [7, 11) is -3.43. The molecule has 1 aliphatic heterocycles. The second-order valence-electron chi connectivity index (χ2n) is 7.73. The molecule has 0 atom stereocenters. The molecule has 0 saturated carbocycles. The zero-order valence-electron chi connectivity index (χ0n) is 17.2. The number of nitrogens with zero attached hydrogens (tertiary/aromatic N) is 3. The molecular formula is C20H27N5O4S. The summed E-state index contributed by atoms with van der Waals surface area (Å²) in [5.41, 5.74) is 7.77. The summed E-state index contributed by atoms with van der Waals surface area (Å²) >= 11 is 0. The molecule has 0 bridgehead atoms. The predicted molar refractivity (Wildman–Crippen MR) is 116 cm³/mol. The lowest BCUT2D eigenvalue weighted by Crippen LogP contribution is -2.54. The van der Waals surface area contributed by atoms with Gasteiger partial charge in [0.15, 0.2) is 5.82 Å². The van der Waals surface area contributed by atoms with Gasteiger partial charge in [0.25, 0.3) is 0 Å². The Labute approximate surface area is 175 Å². The minimum absolute atomic E-state index is 0.296. The van der Waals surface area contributed by atoms with Gasteiger partial charge in [0, 0.05) is 31.8 Å². The van der Waals surface area contributed by atoms with E-state index in [2.05, 4.69) is 9.71 Å². The zero-order valence-corrected chi connectivity index (χ0v) is 18.0. The van der Waals surface area contributed by atoms with Crippen LogP contribution in [0.3, 0.4) is 0 Å². The normalized spacial score (nSPS) is 17.0. The van der Waals surface area contributed by atoms with Gasteiger partial charge in [0.1, 0.15) is 17.9 Å². The number of sulfonamides is 1. The number of hydrogen-bond acceptors (Lipinski definition) is 7. The lowest BCUT2D eigenvalue weighted by Gasteiger charge is -2.38. The summed E-state index contributed by atoms with van der Waals surface area (Å²) in [4.78, 5) is 9.23. The van der Waals surface area contributed by atoms with Crippen LogP contribution in [-0.2, 0) is 32.6 Å². The van der Waals surface area contributed by atoms with Gasteiger partial charge in [-0.15, -0.1) is 0 Å². The molecule has 30 heavy (non-hydrogen) atoms. The summed E-state index contributed by atoms with van der Waals surface area (Å²) < 4.78 is 40.5. The quantitative estimate of drug-likeness (QED) is 0.583. The molecule has 3 aromatic rings. The fraction of sp³-hybridized carbons (Fsp3) is 0.500. The van der Waals surface area contributed by atoms with Gasteiger partial charge in [-0.2, -0.15) is 0 Å². The summed E-state index contributed by atoms with van der Waals surface area (Å²) in [5, 5.41) is 0.915. The molecule has 1 saturated heterocycles. The molecule has 9 nitrogen and oxygen atoms in total. The Morgan fingerprint density at radius 1 is 1.27 bits per heavy atom. The van der Waals surface area contributed by atoms with E-state index in [0.29, 0.717) is 63.0 Å². The van der Waals surface area contributed by atoms with Crippen LogP contribution < -0.4 is 10.5 Å². The largest absolute Gasteiger partial charge is 0.382 e. The van der Waals surface area contributed by atoms with Crippen LogP contribution >= 0.6 is 0 Å². The monoisotopic (exact) mass is 433 g/mol. The van der Waals surface area contributed by atoms with Gasteiger partial charge in [-0.05, 0) is 25.8 Å². The second-order valence-corrected chi connectivity index (χ2v) is 9.48. The average Bonchev–Trinajstić information content (AvgIpc) is 3.04. The Hall–Kier alpha value is -2.27. The van der Waals surface area contributed by atoms with E-state index in [1.165, 1.54) is 6.26 Å². The van der Waals surface area contributed by atoms with E-state index in [-0.39, 0.29) is 0 Å². The van der Waals surface area contributed by atoms with Crippen molar-refractivity contribution in [1.82, 2.24) is 19.3 Å². The number of ether oxygens (including phenoxy) is 2. The second kappa shape index (κ2) is 8.10. The number of hydrogen-bond donors (Lipinski definition) is 2. The molecule has 3 N–H and O–H groups in total. The molecule has 10 heteroatoms. The van der Waals surface area contributed by atoms with Gasteiger partial charge in [0.2, 0.25) is 10.0 Å². The first-order valence-electron chi connectivity index (χ1n) is 10.00. The average molecular weight is 434 g/mol. The summed E-state index contributed by atoms with van der Waals surface area (Å²) in [6, 6.07) is 7.74. The first-order valence-corrected chi connectivity index (χ1v) is 11.9. The van der Waals surface area contributed by atoms with Crippen molar-refractivity contribution in [3.63, 3.8) is 0 Å². The molecule has 0 aliphatic carbocycles. The van der Waals surface area contributed by atoms with Gasteiger partial charge in [-0.3, -0.25) is 0 Å². The highest BCUT2D eigenvalue weighted by atomic mass is 32.2. The molecule has 3 heterocycles. The van der Waals surface area contributed by atoms with Crippen molar-refractivity contribution >= 4 is 37.8 Å². The lowest BCUT2D eigenvalue weighted by atomic mass is 9.91. The lowest BCUT2D eigenvalue weighted by molar-refractivity contribution is 0.0397. The molecule has 4 rings (SSSR count). The Morgan fingerprint density at radius 2 is 2.00 bits per heavy atom. The highest BCUT2D eigenvalue weighted by Crippen LogP contribution is 2.32. The van der Waals surface area contributed by atoms with Gasteiger partial charge < -0.3 is 19.8 Å². The number of fused-ring (bicyclic) bond motifs is 3. The van der Waals surface area contributed by atoms with Crippen molar-refractivity contribution in [1.29, 1.82) is 0 Å². The SMILES string of the molecule is CCOCc1nc2c(N)nc3ccccc3c2n1CC1(NS(C)(=O)=O)CCOCC1. The number of nitrogens with one attached hydrogen (secondary N) is 1. The molecule has 1 fully saturated rings. The van der Waals surface area contributed by atoms with E-state index in [9.17, 15) is 8.42 Å². The van der Waals surface area contributed by atoms with E-state index in [0.717, 1.165) is 16.4 Å². The van der Waals surface area contributed by atoms with Crippen LogP contribution in [0.2, 0.25) is 0 Å². The number of rotatable bonds is 7. The maximum Gasteiger partial charge on any atom is 0.209 e. The molecule has 0 spiro atoms. The summed E-state index contributed by atoms with van der Waals surface area (Å²) in [5.74, 6) is 1.04. The van der Waals surface area contributed by atoms with E-state index in [1.807, 2.05) is 35.8 Å². The number of pyridine rings is 1. The van der Waals surface area contributed by atoms with Gasteiger partial charge in [0.05, 0.1) is 22.8 Å². The van der Waals surface area contributed by atoms with Crippen LogP contribution in [0.5, 0.6) is 0 Å². The smallest absolute Gasteiger partial charge is 0.209 e. The van der Waals surface area contributed by atoms with E-state index in [4.69, 9.17) is 20.2 Å². The van der Waals surface area contributed by atoms with E-state index < -0.39 is 15.6 Å². The number of para-hydroxylation sites is 1. The number of nitrogen functional groups attached to an aromatic ring is 1. The topological polar surface area (TPSA) is 121 Å². The first kappa shape index (κ1) is 21.0. The van der Waals surface area contributed by atoms with E-state index >= 15 is 0 Å². The number of anilines is 1. The predicted octanol–water partition coefficient (Wildman–Crippen LogP) is 1.80. The summed E-state index contributed by atoms with van der Waals surface area (Å²) in [6.45, 7) is 4.13. The first-order chi connectivity index (χ1) is 14.3. The third-order valence-electron chi connectivity index (χ3n) is 5.44. The third kappa shape index (κ3) is 4.13. The number of nitrogens with two attached hydrogens (primary N) is 1.